The van der Waals surface area contributed by atoms with E-state index < -0.39 is 23.6 Å². The van der Waals surface area contributed by atoms with Gasteiger partial charge in [0.1, 0.15) is 17.1 Å². The number of halogens is 1. The van der Waals surface area contributed by atoms with Crippen LogP contribution in [0.5, 0.6) is 0 Å². The number of furan rings is 1. The first-order valence-corrected chi connectivity index (χ1v) is 37.9. The Labute approximate surface area is 650 Å². The Balaban J connectivity index is 0.000000147. The third-order valence-corrected chi connectivity index (χ3v) is 21.4. The molecule has 0 spiro atoms. The van der Waals surface area contributed by atoms with Crippen LogP contribution in [-0.4, -0.2) is 125 Å². The minimum absolute atomic E-state index is 0.00945. The smallest absolute Gasteiger partial charge is 0.289 e. The summed E-state index contributed by atoms with van der Waals surface area (Å²) in [5.74, 6) is -2.03. The lowest BCUT2D eigenvalue weighted by molar-refractivity contribution is -0.131. The summed E-state index contributed by atoms with van der Waals surface area (Å²) in [6, 6.07) is 45.6. The second-order valence-electron chi connectivity index (χ2n) is 28.4. The second-order valence-corrected chi connectivity index (χ2v) is 29.7. The zero-order valence-electron chi connectivity index (χ0n) is 62.3. The molecule has 6 heterocycles. The van der Waals surface area contributed by atoms with Gasteiger partial charge >= 0.3 is 0 Å². The summed E-state index contributed by atoms with van der Waals surface area (Å²) in [6.07, 6.45) is 7.12. The SMILES string of the molecule is CC(=O)Cc1cc(CC(C)=O)cc(C(=O)N2CCCc3cc(C(=O)NO)ccc3C2)c1.Cc1cc(C)c(CC(=O)N2CCCc3cc(C(=O)NO)ccc3C2)c(C)c1.O=C(NO)c1ccc2c(c1)CCCN(C(=O)c1cc3cc(Cl)ccc3o1)C2.O=C(NO)c1ccc2c(c1)CCCN(C(=O)c1csc3ccccc13)C2. The van der Waals surface area contributed by atoms with Crippen molar-refractivity contribution in [3.63, 3.8) is 0 Å². The lowest BCUT2D eigenvalue weighted by Gasteiger charge is -2.22. The molecular weight excluding hydrogens is 1450 g/mol. The minimum Gasteiger partial charge on any atom is -0.451 e. The highest BCUT2D eigenvalue weighted by Crippen LogP contribution is 2.32. The average molecular weight is 1540 g/mol. The van der Waals surface area contributed by atoms with E-state index in [2.05, 4.69) is 32.9 Å². The van der Waals surface area contributed by atoms with Crippen molar-refractivity contribution in [1.82, 2.24) is 41.5 Å². The zero-order chi connectivity index (χ0) is 79.2. The predicted molar refractivity (Wildman–Crippen MR) is 418 cm³/mol. The molecule has 0 bridgehead atoms. The molecule has 4 aliphatic heterocycles. The fourth-order valence-electron chi connectivity index (χ4n) is 14.8. The zero-order valence-corrected chi connectivity index (χ0v) is 63.9. The van der Waals surface area contributed by atoms with Crippen LogP contribution in [0.3, 0.4) is 0 Å². The van der Waals surface area contributed by atoms with Gasteiger partial charge in [-0.25, -0.2) is 21.9 Å². The van der Waals surface area contributed by atoms with Gasteiger partial charge in [0.25, 0.3) is 41.4 Å². The Hall–Kier alpha value is -11.5. The third-order valence-electron chi connectivity index (χ3n) is 20.2. The minimum atomic E-state index is -0.569. The van der Waals surface area contributed by atoms with Gasteiger partial charge in [-0.3, -0.25) is 68.8 Å². The van der Waals surface area contributed by atoms with E-state index in [0.29, 0.717) is 104 Å². The van der Waals surface area contributed by atoms with Gasteiger partial charge in [0.2, 0.25) is 5.91 Å². The Kier molecular flexibility index (Phi) is 26.7. The van der Waals surface area contributed by atoms with Crippen LogP contribution in [0.2, 0.25) is 5.02 Å². The summed E-state index contributed by atoms with van der Waals surface area (Å²) in [4.78, 5) is 129. The first kappa shape index (κ1) is 80.5. The van der Waals surface area contributed by atoms with Crippen molar-refractivity contribution in [2.75, 3.05) is 26.2 Å². The van der Waals surface area contributed by atoms with E-state index in [1.54, 1.807) is 128 Å². The molecule has 8 amide bonds. The van der Waals surface area contributed by atoms with Crippen LogP contribution in [-0.2, 0) is 85.5 Å². The van der Waals surface area contributed by atoms with Gasteiger partial charge in [-0.1, -0.05) is 77.8 Å². The highest BCUT2D eigenvalue weighted by molar-refractivity contribution is 7.17. The molecule has 25 heteroatoms. The normalized spacial score (nSPS) is 13.7. The first-order valence-electron chi connectivity index (χ1n) is 36.6. The van der Waals surface area contributed by atoms with Crippen molar-refractivity contribution >= 4 is 103 Å². The van der Waals surface area contributed by atoms with Crippen molar-refractivity contribution in [3.8, 4) is 0 Å². The number of hydroxylamine groups is 4. The topological polar surface area (TPSA) is 326 Å². The number of rotatable bonds is 13. The van der Waals surface area contributed by atoms with Crippen molar-refractivity contribution in [2.24, 2.45) is 0 Å². The van der Waals surface area contributed by atoms with Crippen LogP contribution in [0.1, 0.15) is 190 Å². The van der Waals surface area contributed by atoms with E-state index >= 15 is 0 Å². The standard InChI is InChI=1S/C24H26N2O5.C22H26N2O3.C20H17ClN2O4.C20H18N2O3S/c1-15(27)8-17-10-18(9-16(2)28)12-22(11-17)24(30)26-7-3-4-19-13-20(23(29)25-31)5-6-21(19)14-26;1-14-9-15(2)20(16(3)10-14)12-21(25)24-8-4-5-17-11-18(22(26)23-27)6-7-19(17)13-24;21-16-5-6-17-15(9-16)10-18(27-17)20(25)23-7-1-2-12-8-13(19(24)22-26)3-4-14(12)11-23;23-19(21-25)14-7-8-15-11-22(9-3-4-13(15)10-14)20(24)17-12-26-18-6-2-1-5-16(17)18/h5-6,10-13,31H,3-4,7-9,14H2,1-2H3,(H,25,29);6-7,9-11,27H,4-5,8,12-13H2,1-3H3,(H,23,26);3-6,8-10,26H,1-2,7,11H2,(H,22,24);1-2,5-8,10,12,25H,3-4,9,11H2,(H,21,23). The van der Waals surface area contributed by atoms with E-state index in [-0.39, 0.29) is 53.8 Å². The Bertz CT molecular complexity index is 5200. The molecule has 0 saturated carbocycles. The molecule has 2 aromatic heterocycles. The van der Waals surface area contributed by atoms with Crippen molar-refractivity contribution in [2.45, 2.75) is 131 Å². The maximum atomic E-state index is 13.3. The molecule has 574 valence electrons. The molecule has 0 aliphatic carbocycles. The lowest BCUT2D eigenvalue weighted by Crippen LogP contribution is -2.32. The highest BCUT2D eigenvalue weighted by atomic mass is 35.5. The fourth-order valence-corrected chi connectivity index (χ4v) is 15.9. The lowest BCUT2D eigenvalue weighted by atomic mass is 9.97. The summed E-state index contributed by atoms with van der Waals surface area (Å²) in [5.41, 5.74) is 24.3. The number of amides is 8. The van der Waals surface area contributed by atoms with Crippen molar-refractivity contribution in [1.29, 1.82) is 0 Å². The number of aryl methyl sites for hydroxylation is 7. The summed E-state index contributed by atoms with van der Waals surface area (Å²) in [7, 11) is 0. The van der Waals surface area contributed by atoms with E-state index in [4.69, 9.17) is 36.8 Å². The van der Waals surface area contributed by atoms with Crippen LogP contribution >= 0.6 is 22.9 Å². The van der Waals surface area contributed by atoms with Crippen molar-refractivity contribution in [3.05, 3.63) is 279 Å². The molecule has 0 atom stereocenters. The van der Waals surface area contributed by atoms with Crippen molar-refractivity contribution < 1.29 is 73.2 Å². The van der Waals surface area contributed by atoms with Gasteiger partial charge in [-0.05, 0) is 249 Å². The maximum Gasteiger partial charge on any atom is 0.289 e. The number of Topliss-reactive ketones (excluding diaryl/α,β-unsaturated/α-hetero) is 2. The van der Waals surface area contributed by atoms with E-state index in [0.717, 1.165) is 138 Å². The molecule has 8 N–H and O–H groups in total. The number of hydrogen-bond donors (Lipinski definition) is 8. The summed E-state index contributed by atoms with van der Waals surface area (Å²) in [6.45, 7) is 13.6. The number of fused-ring (bicyclic) bond motifs is 6. The number of carbonyl (C=O) groups excluding carboxylic acids is 10. The molecule has 0 radical (unpaired) electrons. The van der Waals surface area contributed by atoms with Crippen LogP contribution < -0.4 is 21.9 Å². The Morgan fingerprint density at radius 1 is 0.432 bits per heavy atom. The van der Waals surface area contributed by atoms with E-state index in [1.807, 2.05) is 69.8 Å². The molecule has 0 unspecified atom stereocenters. The summed E-state index contributed by atoms with van der Waals surface area (Å²) < 4.78 is 6.82. The molecule has 23 nitrogen and oxygen atoms in total. The molecule has 0 fully saturated rings. The number of nitrogens with one attached hydrogen (secondary N) is 4. The molecule has 14 rings (SSSR count). The molecular formula is C86H87ClN8O15S. The quantitative estimate of drug-likeness (QED) is 0.0393. The van der Waals surface area contributed by atoms with Gasteiger partial charge in [0.15, 0.2) is 5.76 Å². The number of thiophene rings is 1. The molecule has 4 aliphatic rings. The molecule has 8 aromatic carbocycles. The number of carbonyl (C=O) groups is 10. The van der Waals surface area contributed by atoms with Gasteiger partial charge in [0, 0.05) is 119 Å². The van der Waals surface area contributed by atoms with Gasteiger partial charge < -0.3 is 24.0 Å². The first-order chi connectivity index (χ1) is 53.4. The fraction of sp³-hybridized carbons (Fsp3) is 0.279. The van der Waals surface area contributed by atoms with Crippen LogP contribution in [0, 0.1) is 20.8 Å². The number of hydrogen-bond acceptors (Lipinski definition) is 16. The largest absolute Gasteiger partial charge is 0.451 e. The predicted octanol–water partition coefficient (Wildman–Crippen LogP) is 13.3. The number of benzene rings is 8. The Morgan fingerprint density at radius 3 is 1.29 bits per heavy atom. The molecule has 10 aromatic rings. The van der Waals surface area contributed by atoms with Gasteiger partial charge in [-0.15, -0.1) is 11.3 Å². The molecule has 0 saturated heterocycles. The van der Waals surface area contributed by atoms with Crippen LogP contribution in [0.4, 0.5) is 0 Å². The maximum absolute atomic E-state index is 13.3. The van der Waals surface area contributed by atoms with Gasteiger partial charge in [-0.2, -0.15) is 0 Å². The van der Waals surface area contributed by atoms with E-state index in [1.165, 1.54) is 19.4 Å². The number of nitrogens with zero attached hydrogens (tertiary/aromatic N) is 4. The van der Waals surface area contributed by atoms with Gasteiger partial charge in [0.05, 0.1) is 12.0 Å². The number of ketones is 2. The van der Waals surface area contributed by atoms with Crippen LogP contribution in [0.25, 0.3) is 21.1 Å². The second kappa shape index (κ2) is 36.8. The highest BCUT2D eigenvalue weighted by Gasteiger charge is 2.29. The van der Waals surface area contributed by atoms with Crippen LogP contribution in [0.15, 0.2) is 161 Å². The summed E-state index contributed by atoms with van der Waals surface area (Å²) >= 11 is 7.59. The van der Waals surface area contributed by atoms with E-state index in [9.17, 15) is 47.9 Å². The average Bonchev–Trinajstić information content (AvgIpc) is 1.64. The third kappa shape index (κ3) is 20.1. The monoisotopic (exact) mass is 1540 g/mol. The molecule has 111 heavy (non-hydrogen) atoms. The Morgan fingerprint density at radius 2 is 0.847 bits per heavy atom. The summed E-state index contributed by atoms with van der Waals surface area (Å²) in [5, 5.41) is 39.6.